The fourth-order valence-electron chi connectivity index (χ4n) is 2.33. The zero-order valence-electron chi connectivity index (χ0n) is 10.1. The van der Waals surface area contributed by atoms with E-state index in [0.29, 0.717) is 0 Å². The molecule has 88 valence electrons. The number of hydrogen-bond donors (Lipinski definition) is 1. The van der Waals surface area contributed by atoms with Gasteiger partial charge in [-0.15, -0.1) is 0 Å². The lowest BCUT2D eigenvalue weighted by Crippen LogP contribution is -2.39. The monoisotopic (exact) mass is 220 g/mol. The highest BCUT2D eigenvalue weighted by atomic mass is 15.2. The smallest absolute Gasteiger partial charge is 0.147 e. The van der Waals surface area contributed by atoms with Gasteiger partial charge in [-0.2, -0.15) is 0 Å². The second kappa shape index (κ2) is 5.25. The van der Waals surface area contributed by atoms with E-state index in [0.717, 1.165) is 37.1 Å². The van der Waals surface area contributed by atoms with Crippen LogP contribution >= 0.6 is 0 Å². The Labute approximate surface area is 97.1 Å². The molecule has 0 radical (unpaired) electrons. The Morgan fingerprint density at radius 2 is 2.38 bits per heavy atom. The number of rotatable bonds is 3. The van der Waals surface area contributed by atoms with E-state index in [1.165, 1.54) is 12.8 Å². The summed E-state index contributed by atoms with van der Waals surface area (Å²) in [5.74, 6) is 1.77. The molecule has 1 saturated heterocycles. The summed E-state index contributed by atoms with van der Waals surface area (Å²) in [6.07, 6.45) is 6.24. The van der Waals surface area contributed by atoms with Crippen molar-refractivity contribution in [1.82, 2.24) is 15.3 Å². The average molecular weight is 220 g/mol. The summed E-state index contributed by atoms with van der Waals surface area (Å²) < 4.78 is 0. The molecule has 0 aliphatic carbocycles. The first kappa shape index (κ1) is 11.3. The molecule has 1 atom stereocenters. The van der Waals surface area contributed by atoms with Crippen LogP contribution in [0.4, 0.5) is 5.82 Å². The van der Waals surface area contributed by atoms with Crippen LogP contribution in [0.2, 0.25) is 0 Å². The minimum atomic E-state index is 0.737. The Bertz CT molecular complexity index is 338. The molecule has 1 aliphatic heterocycles. The maximum atomic E-state index is 4.53. The van der Waals surface area contributed by atoms with Crippen molar-refractivity contribution >= 4 is 5.82 Å². The van der Waals surface area contributed by atoms with Crippen LogP contribution < -0.4 is 10.2 Å². The van der Waals surface area contributed by atoms with Crippen LogP contribution in [0.15, 0.2) is 12.4 Å². The van der Waals surface area contributed by atoms with Crippen molar-refractivity contribution < 1.29 is 0 Å². The second-order valence-corrected chi connectivity index (χ2v) is 4.53. The number of nitrogens with zero attached hydrogens (tertiary/aromatic N) is 3. The van der Waals surface area contributed by atoms with Crippen molar-refractivity contribution in [3.8, 4) is 0 Å². The third-order valence-corrected chi connectivity index (χ3v) is 3.08. The third-order valence-electron chi connectivity index (χ3n) is 3.08. The Morgan fingerprint density at radius 3 is 3.12 bits per heavy atom. The summed E-state index contributed by atoms with van der Waals surface area (Å²) in [6, 6.07) is 0. The molecule has 0 bridgehead atoms. The SMILES string of the molecule is CNCC1CCCN(c2cncc(C)n2)C1. The van der Waals surface area contributed by atoms with Crippen LogP contribution in [-0.4, -0.2) is 36.6 Å². The van der Waals surface area contributed by atoms with Gasteiger partial charge in [0.05, 0.1) is 11.9 Å². The van der Waals surface area contributed by atoms with E-state index in [9.17, 15) is 0 Å². The maximum Gasteiger partial charge on any atom is 0.147 e. The molecule has 4 heteroatoms. The first-order valence-electron chi connectivity index (χ1n) is 5.98. The number of piperidine rings is 1. The summed E-state index contributed by atoms with van der Waals surface area (Å²) in [4.78, 5) is 11.1. The topological polar surface area (TPSA) is 41.0 Å². The molecule has 1 aromatic rings. The fourth-order valence-corrected chi connectivity index (χ4v) is 2.33. The fraction of sp³-hybridized carbons (Fsp3) is 0.667. The van der Waals surface area contributed by atoms with Gasteiger partial charge in [0.2, 0.25) is 0 Å². The molecule has 1 fully saturated rings. The van der Waals surface area contributed by atoms with E-state index in [-0.39, 0.29) is 0 Å². The molecule has 2 heterocycles. The molecule has 0 saturated carbocycles. The molecule has 0 spiro atoms. The minimum absolute atomic E-state index is 0.737. The highest BCUT2D eigenvalue weighted by Crippen LogP contribution is 2.20. The highest BCUT2D eigenvalue weighted by Gasteiger charge is 2.20. The predicted molar refractivity (Wildman–Crippen MR) is 65.6 cm³/mol. The zero-order chi connectivity index (χ0) is 11.4. The third kappa shape index (κ3) is 2.70. The van der Waals surface area contributed by atoms with Crippen molar-refractivity contribution in [3.05, 3.63) is 18.1 Å². The molecule has 1 unspecified atom stereocenters. The van der Waals surface area contributed by atoms with Crippen molar-refractivity contribution in [1.29, 1.82) is 0 Å². The quantitative estimate of drug-likeness (QED) is 0.831. The van der Waals surface area contributed by atoms with Crippen LogP contribution in [-0.2, 0) is 0 Å². The van der Waals surface area contributed by atoms with Crippen molar-refractivity contribution in [2.75, 3.05) is 31.6 Å². The van der Waals surface area contributed by atoms with Gasteiger partial charge in [0, 0.05) is 19.3 Å². The Hall–Kier alpha value is -1.16. The van der Waals surface area contributed by atoms with Gasteiger partial charge in [0.25, 0.3) is 0 Å². The summed E-state index contributed by atoms with van der Waals surface area (Å²) in [7, 11) is 2.02. The predicted octanol–water partition coefficient (Wildman–Crippen LogP) is 1.22. The molecule has 1 aromatic heterocycles. The van der Waals surface area contributed by atoms with Gasteiger partial charge in [0.1, 0.15) is 5.82 Å². The average Bonchev–Trinajstić information content (AvgIpc) is 2.30. The van der Waals surface area contributed by atoms with Crippen LogP contribution in [0.5, 0.6) is 0 Å². The van der Waals surface area contributed by atoms with Crippen LogP contribution in [0.25, 0.3) is 0 Å². The zero-order valence-corrected chi connectivity index (χ0v) is 10.1. The lowest BCUT2D eigenvalue weighted by molar-refractivity contribution is 0.401. The molecular weight excluding hydrogens is 200 g/mol. The van der Waals surface area contributed by atoms with Gasteiger partial charge in [-0.05, 0) is 39.3 Å². The molecule has 1 N–H and O–H groups in total. The number of nitrogens with one attached hydrogen (secondary N) is 1. The molecule has 0 amide bonds. The van der Waals surface area contributed by atoms with E-state index >= 15 is 0 Å². The molecule has 16 heavy (non-hydrogen) atoms. The molecule has 4 nitrogen and oxygen atoms in total. The lowest BCUT2D eigenvalue weighted by atomic mass is 9.98. The van der Waals surface area contributed by atoms with E-state index in [1.54, 1.807) is 6.20 Å². The van der Waals surface area contributed by atoms with Crippen molar-refractivity contribution in [2.24, 2.45) is 5.92 Å². The Morgan fingerprint density at radius 1 is 1.50 bits per heavy atom. The van der Waals surface area contributed by atoms with E-state index in [2.05, 4.69) is 20.2 Å². The largest absolute Gasteiger partial charge is 0.355 e. The number of anilines is 1. The summed E-state index contributed by atoms with van der Waals surface area (Å²) in [5.41, 5.74) is 0.994. The van der Waals surface area contributed by atoms with Crippen molar-refractivity contribution in [2.45, 2.75) is 19.8 Å². The first-order valence-corrected chi connectivity index (χ1v) is 5.98. The highest BCUT2D eigenvalue weighted by molar-refractivity contribution is 5.36. The number of hydrogen-bond acceptors (Lipinski definition) is 4. The lowest BCUT2D eigenvalue weighted by Gasteiger charge is -2.33. The normalized spacial score (nSPS) is 21.1. The van der Waals surface area contributed by atoms with Crippen LogP contribution in [0.1, 0.15) is 18.5 Å². The van der Waals surface area contributed by atoms with E-state index in [1.807, 2.05) is 20.2 Å². The second-order valence-electron chi connectivity index (χ2n) is 4.53. The van der Waals surface area contributed by atoms with E-state index in [4.69, 9.17) is 0 Å². The van der Waals surface area contributed by atoms with E-state index < -0.39 is 0 Å². The van der Waals surface area contributed by atoms with Gasteiger partial charge in [0.15, 0.2) is 0 Å². The van der Waals surface area contributed by atoms with Gasteiger partial charge >= 0.3 is 0 Å². The first-order chi connectivity index (χ1) is 7.79. The summed E-state index contributed by atoms with van der Waals surface area (Å²) in [5, 5.41) is 3.26. The summed E-state index contributed by atoms with van der Waals surface area (Å²) >= 11 is 0. The maximum absolute atomic E-state index is 4.53. The minimum Gasteiger partial charge on any atom is -0.355 e. The van der Waals surface area contributed by atoms with Crippen LogP contribution in [0, 0.1) is 12.8 Å². The number of aryl methyl sites for hydroxylation is 1. The standard InChI is InChI=1S/C12H20N4/c1-10-6-14-8-12(15-10)16-5-3-4-11(9-16)7-13-2/h6,8,11,13H,3-5,7,9H2,1-2H3. The van der Waals surface area contributed by atoms with Crippen molar-refractivity contribution in [3.63, 3.8) is 0 Å². The van der Waals surface area contributed by atoms with Crippen LogP contribution in [0.3, 0.4) is 0 Å². The van der Waals surface area contributed by atoms with Gasteiger partial charge in [-0.25, -0.2) is 4.98 Å². The van der Waals surface area contributed by atoms with Gasteiger partial charge < -0.3 is 10.2 Å². The molecule has 2 rings (SSSR count). The Balaban J connectivity index is 2.03. The molecule has 0 aromatic carbocycles. The van der Waals surface area contributed by atoms with Gasteiger partial charge in [-0.1, -0.05) is 0 Å². The summed E-state index contributed by atoms with van der Waals surface area (Å²) in [6.45, 7) is 5.29. The molecular formula is C12H20N4. The number of aromatic nitrogens is 2. The Kier molecular flexibility index (Phi) is 3.72. The van der Waals surface area contributed by atoms with Gasteiger partial charge in [-0.3, -0.25) is 4.98 Å². The molecule has 1 aliphatic rings.